The number of sulfonamides is 1. The number of nitrogens with zero attached hydrogens (tertiary/aromatic N) is 3. The zero-order valence-corrected chi connectivity index (χ0v) is 19.9. The van der Waals surface area contributed by atoms with E-state index in [-0.39, 0.29) is 36.0 Å². The zero-order valence-electron chi connectivity index (χ0n) is 19.1. The van der Waals surface area contributed by atoms with Crippen molar-refractivity contribution >= 4 is 27.6 Å². The average Bonchev–Trinajstić information content (AvgIpc) is 3.26. The minimum absolute atomic E-state index is 0.00650. The van der Waals surface area contributed by atoms with Gasteiger partial charge in [0.1, 0.15) is 16.4 Å². The second kappa shape index (κ2) is 11.2. The number of piperidine rings is 1. The van der Waals surface area contributed by atoms with Gasteiger partial charge < -0.3 is 15.3 Å². The van der Waals surface area contributed by atoms with E-state index in [0.29, 0.717) is 19.4 Å². The molecule has 1 amide bonds. The van der Waals surface area contributed by atoms with Gasteiger partial charge in [-0.2, -0.15) is 17.5 Å². The van der Waals surface area contributed by atoms with Crippen LogP contribution in [0.3, 0.4) is 0 Å². The molecule has 15 heteroatoms. The number of nitrogens with one attached hydrogen (secondary N) is 1. The van der Waals surface area contributed by atoms with E-state index < -0.39 is 33.6 Å². The van der Waals surface area contributed by atoms with Crippen molar-refractivity contribution in [3.05, 3.63) is 60.2 Å². The third-order valence-electron chi connectivity index (χ3n) is 5.48. The molecular formula is C22H22F4N4O6S. The fraction of sp³-hybridized carbons (Fsp3) is 0.364. The summed E-state index contributed by atoms with van der Waals surface area (Å²) in [6.07, 6.45) is -0.516. The Labute approximate surface area is 209 Å². The summed E-state index contributed by atoms with van der Waals surface area (Å²) < 4.78 is 72.9. The molecule has 10 nitrogen and oxygen atoms in total. The Bertz CT molecular complexity index is 1270. The fourth-order valence-electron chi connectivity index (χ4n) is 3.70. The maximum Gasteiger partial charge on any atom is 0.490 e. The zero-order chi connectivity index (χ0) is 27.3. The molecule has 3 heterocycles. The maximum atomic E-state index is 14.1. The van der Waals surface area contributed by atoms with Crippen molar-refractivity contribution in [2.24, 2.45) is 5.16 Å². The molecule has 2 aromatic rings. The lowest BCUT2D eigenvalue weighted by Gasteiger charge is -2.37. The van der Waals surface area contributed by atoms with Crippen LogP contribution in [0.15, 0.2) is 58.8 Å². The number of aliphatic carboxylic acids is 1. The van der Waals surface area contributed by atoms with Gasteiger partial charge in [0, 0.05) is 31.9 Å². The number of amides is 1. The van der Waals surface area contributed by atoms with Crippen molar-refractivity contribution in [2.45, 2.75) is 42.5 Å². The predicted molar refractivity (Wildman–Crippen MR) is 120 cm³/mol. The summed E-state index contributed by atoms with van der Waals surface area (Å²) in [5.74, 6) is -3.92. The van der Waals surface area contributed by atoms with Gasteiger partial charge in [-0.3, -0.25) is 9.78 Å². The quantitative estimate of drug-likeness (QED) is 0.550. The van der Waals surface area contributed by atoms with Crippen molar-refractivity contribution < 1.29 is 45.5 Å². The molecule has 1 fully saturated rings. The number of halogens is 4. The van der Waals surface area contributed by atoms with Gasteiger partial charge in [-0.25, -0.2) is 17.6 Å². The van der Waals surface area contributed by atoms with Crippen LogP contribution in [0.5, 0.6) is 0 Å². The number of hydrogen-bond acceptors (Lipinski definition) is 7. The highest BCUT2D eigenvalue weighted by atomic mass is 32.2. The normalized spacial score (nSPS) is 19.8. The number of carbonyl (C=O) groups excluding carboxylic acids is 1. The van der Waals surface area contributed by atoms with E-state index in [0.717, 1.165) is 11.6 Å². The molecular weight excluding hydrogens is 524 g/mol. The van der Waals surface area contributed by atoms with Crippen molar-refractivity contribution in [3.63, 3.8) is 0 Å². The Morgan fingerprint density at radius 2 is 1.89 bits per heavy atom. The molecule has 2 aliphatic rings. The Morgan fingerprint density at radius 1 is 1.19 bits per heavy atom. The Balaban J connectivity index is 0.000000479. The van der Waals surface area contributed by atoms with E-state index in [1.165, 1.54) is 22.5 Å². The van der Waals surface area contributed by atoms with E-state index in [1.54, 1.807) is 18.5 Å². The third kappa shape index (κ3) is 7.01. The molecule has 1 spiro atoms. The maximum absolute atomic E-state index is 14.1. The summed E-state index contributed by atoms with van der Waals surface area (Å²) in [5, 5.41) is 13.8. The number of aromatic nitrogens is 1. The van der Waals surface area contributed by atoms with Gasteiger partial charge in [-0.05, 0) is 36.6 Å². The smallest absolute Gasteiger partial charge is 0.475 e. The highest BCUT2D eigenvalue weighted by Gasteiger charge is 2.47. The molecule has 4 rings (SSSR count). The average molecular weight is 546 g/mol. The first-order chi connectivity index (χ1) is 17.3. The van der Waals surface area contributed by atoms with Crippen LogP contribution in [0.4, 0.5) is 17.6 Å². The molecule has 2 N–H and O–H groups in total. The number of carbonyl (C=O) groups is 2. The van der Waals surface area contributed by atoms with Crippen molar-refractivity contribution in [3.8, 4) is 0 Å². The number of carboxylic acid groups (broad SMARTS) is 1. The third-order valence-corrected chi connectivity index (χ3v) is 7.36. The lowest BCUT2D eigenvalue weighted by Crippen LogP contribution is -2.51. The number of benzene rings is 1. The minimum atomic E-state index is -5.08. The molecule has 37 heavy (non-hydrogen) atoms. The Kier molecular flexibility index (Phi) is 8.48. The van der Waals surface area contributed by atoms with Gasteiger partial charge in [0.25, 0.3) is 5.91 Å². The number of carboxylic acids is 1. The molecule has 1 aromatic heterocycles. The number of hydrogen-bond donors (Lipinski definition) is 2. The van der Waals surface area contributed by atoms with Crippen molar-refractivity contribution in [1.29, 1.82) is 0 Å². The number of rotatable bonds is 5. The number of alkyl halides is 3. The SMILES string of the molecule is O=C(NCc1cccnc1)C1=NOC2(CCCN(S(=O)(=O)c3ccccc3F)C2)C1.O=C(O)C(F)(F)F. The van der Waals surface area contributed by atoms with Gasteiger partial charge in [0.15, 0.2) is 5.60 Å². The lowest BCUT2D eigenvalue weighted by atomic mass is 9.89. The van der Waals surface area contributed by atoms with E-state index >= 15 is 0 Å². The molecule has 1 saturated heterocycles. The molecule has 1 unspecified atom stereocenters. The summed E-state index contributed by atoms with van der Waals surface area (Å²) >= 11 is 0. The topological polar surface area (TPSA) is 138 Å². The van der Waals surface area contributed by atoms with Gasteiger partial charge in [0.05, 0.1) is 6.54 Å². The predicted octanol–water partition coefficient (Wildman–Crippen LogP) is 2.47. The van der Waals surface area contributed by atoms with Gasteiger partial charge in [-0.1, -0.05) is 23.4 Å². The molecule has 2 aliphatic heterocycles. The van der Waals surface area contributed by atoms with Crippen molar-refractivity contribution in [1.82, 2.24) is 14.6 Å². The van der Waals surface area contributed by atoms with Gasteiger partial charge in [0.2, 0.25) is 10.0 Å². The molecule has 200 valence electrons. The lowest BCUT2D eigenvalue weighted by molar-refractivity contribution is -0.192. The van der Waals surface area contributed by atoms with E-state index in [9.17, 15) is 30.8 Å². The highest BCUT2D eigenvalue weighted by Crippen LogP contribution is 2.36. The van der Waals surface area contributed by atoms with E-state index in [4.69, 9.17) is 14.7 Å². The van der Waals surface area contributed by atoms with Crippen LogP contribution in [0, 0.1) is 5.82 Å². The first-order valence-electron chi connectivity index (χ1n) is 10.8. The van der Waals surface area contributed by atoms with Crippen LogP contribution in [0.2, 0.25) is 0 Å². The second-order valence-electron chi connectivity index (χ2n) is 8.21. The fourth-order valence-corrected chi connectivity index (χ4v) is 5.32. The van der Waals surface area contributed by atoms with Crippen LogP contribution in [0.25, 0.3) is 0 Å². The second-order valence-corrected chi connectivity index (χ2v) is 10.1. The van der Waals surface area contributed by atoms with Crippen LogP contribution >= 0.6 is 0 Å². The summed E-state index contributed by atoms with van der Waals surface area (Å²) in [6.45, 7) is 0.559. The number of pyridine rings is 1. The summed E-state index contributed by atoms with van der Waals surface area (Å²) in [7, 11) is -4.02. The molecule has 0 saturated carbocycles. The molecule has 1 atom stereocenters. The largest absolute Gasteiger partial charge is 0.490 e. The molecule has 0 aliphatic carbocycles. The molecule has 0 radical (unpaired) electrons. The van der Waals surface area contributed by atoms with Crippen LogP contribution in [-0.4, -0.2) is 65.3 Å². The monoisotopic (exact) mass is 546 g/mol. The Hall–Kier alpha value is -3.59. The van der Waals surface area contributed by atoms with E-state index in [2.05, 4.69) is 15.5 Å². The molecule has 0 bridgehead atoms. The molecule has 1 aromatic carbocycles. The van der Waals surface area contributed by atoms with Crippen LogP contribution in [0.1, 0.15) is 24.8 Å². The van der Waals surface area contributed by atoms with E-state index in [1.807, 2.05) is 6.07 Å². The summed E-state index contributed by atoms with van der Waals surface area (Å²) in [6, 6.07) is 8.90. The standard InChI is InChI=1S/C20H21FN4O4S.C2HF3O2/c21-16-6-1-2-7-18(16)30(27,28)25-10-4-8-20(14-25)11-17(24-29-20)19(26)23-13-15-5-3-9-22-12-15;3-2(4,5)1(6)7/h1-3,5-7,9,12H,4,8,10-11,13-14H2,(H,23,26);(H,6,7). The first-order valence-corrected chi connectivity index (χ1v) is 12.2. The Morgan fingerprint density at radius 3 is 2.51 bits per heavy atom. The van der Waals surface area contributed by atoms with Gasteiger partial charge >= 0.3 is 12.1 Å². The van der Waals surface area contributed by atoms with Crippen LogP contribution < -0.4 is 5.32 Å². The minimum Gasteiger partial charge on any atom is -0.475 e. The first kappa shape index (κ1) is 28.0. The van der Waals surface area contributed by atoms with Crippen molar-refractivity contribution in [2.75, 3.05) is 13.1 Å². The highest BCUT2D eigenvalue weighted by molar-refractivity contribution is 7.89. The van der Waals surface area contributed by atoms with Gasteiger partial charge in [-0.15, -0.1) is 0 Å². The summed E-state index contributed by atoms with van der Waals surface area (Å²) in [4.78, 5) is 30.6. The summed E-state index contributed by atoms with van der Waals surface area (Å²) in [5.41, 5.74) is 0.140. The van der Waals surface area contributed by atoms with Crippen LogP contribution in [-0.2, 0) is 31.0 Å². The number of oxime groups is 1.